The molecule has 0 aromatic carbocycles. The zero-order valence-electron chi connectivity index (χ0n) is 10.4. The molecule has 1 aliphatic rings. The quantitative estimate of drug-likeness (QED) is 0.802. The van der Waals surface area contributed by atoms with Crippen LogP contribution in [0.2, 0.25) is 0 Å². The molecule has 18 heavy (non-hydrogen) atoms. The molecule has 1 atom stereocenters. The van der Waals surface area contributed by atoms with Crippen molar-refractivity contribution in [2.75, 3.05) is 0 Å². The lowest BCUT2D eigenvalue weighted by Gasteiger charge is -2.19. The Morgan fingerprint density at radius 1 is 1.61 bits per heavy atom. The molecule has 1 aromatic rings. The van der Waals surface area contributed by atoms with Gasteiger partial charge in [0.15, 0.2) is 5.82 Å². The van der Waals surface area contributed by atoms with Gasteiger partial charge in [0.05, 0.1) is 0 Å². The number of carbonyl (C=O) groups excluding carboxylic acids is 1. The van der Waals surface area contributed by atoms with Gasteiger partial charge in [0, 0.05) is 18.4 Å². The van der Waals surface area contributed by atoms with Crippen LogP contribution < -0.4 is 11.1 Å². The van der Waals surface area contributed by atoms with E-state index in [-0.39, 0.29) is 16.9 Å². The highest BCUT2D eigenvalue weighted by atomic mass is 32.1. The maximum atomic E-state index is 12.1. The number of amides is 1. The predicted octanol–water partition coefficient (Wildman–Crippen LogP) is 1.14. The van der Waals surface area contributed by atoms with E-state index in [1.165, 1.54) is 12.8 Å². The fourth-order valence-corrected chi connectivity index (χ4v) is 2.49. The SMILES string of the molecule is CC(C(=O)NC1CCCC1)n1ccnc1C(N)=S. The van der Waals surface area contributed by atoms with Crippen molar-refractivity contribution in [2.45, 2.75) is 44.7 Å². The van der Waals surface area contributed by atoms with Gasteiger partial charge >= 0.3 is 0 Å². The number of imidazole rings is 1. The smallest absolute Gasteiger partial charge is 0.243 e. The number of nitrogens with one attached hydrogen (secondary N) is 1. The molecule has 1 amide bonds. The summed E-state index contributed by atoms with van der Waals surface area (Å²) in [6, 6.07) is -0.0265. The van der Waals surface area contributed by atoms with Crippen LogP contribution in [0.4, 0.5) is 0 Å². The van der Waals surface area contributed by atoms with Crippen molar-refractivity contribution < 1.29 is 4.79 Å². The van der Waals surface area contributed by atoms with Crippen molar-refractivity contribution in [1.82, 2.24) is 14.9 Å². The standard InChI is InChI=1S/C12H18N4OS/c1-8(12(17)15-9-4-2-3-5-9)16-7-6-14-11(16)10(13)18/h6-9H,2-5H2,1H3,(H2,13,18)(H,15,17). The molecule has 0 spiro atoms. The molecule has 6 heteroatoms. The van der Waals surface area contributed by atoms with Crippen LogP contribution in [-0.4, -0.2) is 26.5 Å². The van der Waals surface area contributed by atoms with Crippen LogP contribution >= 0.6 is 12.2 Å². The van der Waals surface area contributed by atoms with Crippen LogP contribution in [0.15, 0.2) is 12.4 Å². The number of thiocarbonyl (C=S) groups is 1. The fourth-order valence-electron chi connectivity index (χ4n) is 2.33. The van der Waals surface area contributed by atoms with Gasteiger partial charge in [-0.3, -0.25) is 4.79 Å². The monoisotopic (exact) mass is 266 g/mol. The minimum absolute atomic E-state index is 0.00241. The number of nitrogens with zero attached hydrogens (tertiary/aromatic N) is 2. The minimum atomic E-state index is -0.343. The molecular weight excluding hydrogens is 248 g/mol. The van der Waals surface area contributed by atoms with Gasteiger partial charge in [-0.1, -0.05) is 25.1 Å². The molecule has 2 rings (SSSR count). The number of carbonyl (C=O) groups is 1. The molecule has 5 nitrogen and oxygen atoms in total. The van der Waals surface area contributed by atoms with E-state index in [1.54, 1.807) is 17.0 Å². The lowest BCUT2D eigenvalue weighted by Crippen LogP contribution is -2.38. The second kappa shape index (κ2) is 5.48. The molecule has 1 saturated carbocycles. The normalized spacial score (nSPS) is 17.6. The third kappa shape index (κ3) is 2.69. The second-order valence-electron chi connectivity index (χ2n) is 4.69. The zero-order chi connectivity index (χ0) is 13.1. The highest BCUT2D eigenvalue weighted by Crippen LogP contribution is 2.19. The lowest BCUT2D eigenvalue weighted by atomic mass is 10.2. The Hall–Kier alpha value is -1.43. The largest absolute Gasteiger partial charge is 0.387 e. The summed E-state index contributed by atoms with van der Waals surface area (Å²) in [6.45, 7) is 1.83. The third-order valence-electron chi connectivity index (χ3n) is 3.39. The molecule has 1 fully saturated rings. The highest BCUT2D eigenvalue weighted by Gasteiger charge is 2.23. The molecule has 0 saturated heterocycles. The van der Waals surface area contributed by atoms with Gasteiger partial charge in [-0.15, -0.1) is 0 Å². The Morgan fingerprint density at radius 2 is 2.28 bits per heavy atom. The van der Waals surface area contributed by atoms with Crippen LogP contribution in [-0.2, 0) is 4.79 Å². The lowest BCUT2D eigenvalue weighted by molar-refractivity contribution is -0.124. The summed E-state index contributed by atoms with van der Waals surface area (Å²) in [4.78, 5) is 16.4. The summed E-state index contributed by atoms with van der Waals surface area (Å²) in [7, 11) is 0. The Kier molecular flexibility index (Phi) is 3.96. The van der Waals surface area contributed by atoms with Crippen molar-refractivity contribution in [2.24, 2.45) is 5.73 Å². The summed E-state index contributed by atoms with van der Waals surface area (Å²) in [5, 5.41) is 3.06. The summed E-state index contributed by atoms with van der Waals surface area (Å²) in [5.74, 6) is 0.483. The van der Waals surface area contributed by atoms with Gasteiger partial charge in [0.2, 0.25) is 5.91 Å². The summed E-state index contributed by atoms with van der Waals surface area (Å²) < 4.78 is 1.71. The van der Waals surface area contributed by atoms with Crippen LogP contribution in [0, 0.1) is 0 Å². The Labute approximate surface area is 112 Å². The molecule has 98 valence electrons. The molecule has 1 unspecified atom stereocenters. The number of hydrogen-bond acceptors (Lipinski definition) is 3. The highest BCUT2D eigenvalue weighted by molar-refractivity contribution is 7.80. The molecule has 3 N–H and O–H groups in total. The first-order valence-electron chi connectivity index (χ1n) is 6.22. The Bertz CT molecular complexity index is 451. The van der Waals surface area contributed by atoms with E-state index in [1.807, 2.05) is 6.92 Å². The van der Waals surface area contributed by atoms with Crippen molar-refractivity contribution >= 4 is 23.1 Å². The van der Waals surface area contributed by atoms with Gasteiger partial charge in [-0.25, -0.2) is 4.98 Å². The van der Waals surface area contributed by atoms with Crippen molar-refractivity contribution in [3.63, 3.8) is 0 Å². The van der Waals surface area contributed by atoms with Gasteiger partial charge in [-0.05, 0) is 19.8 Å². The van der Waals surface area contributed by atoms with Crippen molar-refractivity contribution in [1.29, 1.82) is 0 Å². The predicted molar refractivity (Wildman–Crippen MR) is 73.2 cm³/mol. The number of rotatable bonds is 4. The molecule has 0 bridgehead atoms. The molecule has 1 aliphatic carbocycles. The van der Waals surface area contributed by atoms with Crippen molar-refractivity contribution in [3.8, 4) is 0 Å². The first-order valence-corrected chi connectivity index (χ1v) is 6.63. The Balaban J connectivity index is 2.05. The van der Waals surface area contributed by atoms with E-state index in [4.69, 9.17) is 18.0 Å². The number of hydrogen-bond donors (Lipinski definition) is 2. The molecule has 0 aliphatic heterocycles. The van der Waals surface area contributed by atoms with Crippen LogP contribution in [0.5, 0.6) is 0 Å². The van der Waals surface area contributed by atoms with Crippen LogP contribution in [0.1, 0.15) is 44.5 Å². The maximum Gasteiger partial charge on any atom is 0.243 e. The molecule has 1 aromatic heterocycles. The van der Waals surface area contributed by atoms with Gasteiger partial charge in [-0.2, -0.15) is 0 Å². The average Bonchev–Trinajstić information content (AvgIpc) is 2.97. The molecular formula is C12H18N4OS. The van der Waals surface area contributed by atoms with E-state index in [0.29, 0.717) is 11.9 Å². The summed E-state index contributed by atoms with van der Waals surface area (Å²) in [5.41, 5.74) is 5.58. The third-order valence-corrected chi connectivity index (χ3v) is 3.57. The Morgan fingerprint density at radius 3 is 2.89 bits per heavy atom. The van der Waals surface area contributed by atoms with Gasteiger partial charge in [0.1, 0.15) is 11.0 Å². The van der Waals surface area contributed by atoms with E-state index in [0.717, 1.165) is 12.8 Å². The van der Waals surface area contributed by atoms with Gasteiger partial charge < -0.3 is 15.6 Å². The van der Waals surface area contributed by atoms with Crippen LogP contribution in [0.25, 0.3) is 0 Å². The molecule has 1 heterocycles. The van der Waals surface area contributed by atoms with E-state index in [2.05, 4.69) is 10.3 Å². The minimum Gasteiger partial charge on any atom is -0.387 e. The first kappa shape index (κ1) is 13.0. The summed E-state index contributed by atoms with van der Waals surface area (Å²) >= 11 is 4.92. The second-order valence-corrected chi connectivity index (χ2v) is 5.13. The number of aromatic nitrogens is 2. The summed E-state index contributed by atoms with van der Waals surface area (Å²) in [6.07, 6.45) is 7.88. The topological polar surface area (TPSA) is 72.9 Å². The van der Waals surface area contributed by atoms with E-state index >= 15 is 0 Å². The van der Waals surface area contributed by atoms with E-state index in [9.17, 15) is 4.79 Å². The fraction of sp³-hybridized carbons (Fsp3) is 0.583. The van der Waals surface area contributed by atoms with Crippen LogP contribution in [0.3, 0.4) is 0 Å². The average molecular weight is 266 g/mol. The van der Waals surface area contributed by atoms with Crippen molar-refractivity contribution in [3.05, 3.63) is 18.2 Å². The zero-order valence-corrected chi connectivity index (χ0v) is 11.2. The van der Waals surface area contributed by atoms with E-state index < -0.39 is 0 Å². The molecule has 0 radical (unpaired) electrons. The maximum absolute atomic E-state index is 12.1. The first-order chi connectivity index (χ1) is 8.59. The number of nitrogens with two attached hydrogens (primary N) is 1. The van der Waals surface area contributed by atoms with Gasteiger partial charge in [0.25, 0.3) is 0 Å².